The molecule has 39 heavy (non-hydrogen) atoms. The third-order valence-electron chi connectivity index (χ3n) is 5.72. The van der Waals surface area contributed by atoms with Gasteiger partial charge in [0.2, 0.25) is 0 Å². The smallest absolute Gasteiger partial charge is 0.326 e. The molecule has 204 valence electrons. The zero-order valence-electron chi connectivity index (χ0n) is 21.8. The molecule has 1 amide bonds. The van der Waals surface area contributed by atoms with Crippen LogP contribution in [0.3, 0.4) is 0 Å². The number of carbonyl (C=O) groups is 3. The maximum Gasteiger partial charge on any atom is 0.326 e. The number of benzene rings is 3. The molecule has 3 aromatic carbocycles. The summed E-state index contributed by atoms with van der Waals surface area (Å²) in [6, 6.07) is 13.6. The normalized spacial score (nSPS) is 11.8. The first kappa shape index (κ1) is 29.1. The van der Waals surface area contributed by atoms with Crippen molar-refractivity contribution in [1.29, 1.82) is 0 Å². The Morgan fingerprint density at radius 3 is 2.26 bits per heavy atom. The van der Waals surface area contributed by atoms with Crippen LogP contribution < -0.4 is 10.1 Å². The van der Waals surface area contributed by atoms with Gasteiger partial charge in [0, 0.05) is 17.5 Å². The molecule has 0 aliphatic heterocycles. The number of nitrogens with one attached hydrogen (secondary N) is 1. The van der Waals surface area contributed by atoms with E-state index in [9.17, 15) is 33.0 Å². The van der Waals surface area contributed by atoms with Crippen molar-refractivity contribution in [3.8, 4) is 22.6 Å². The van der Waals surface area contributed by atoms with Gasteiger partial charge < -0.3 is 20.3 Å². The van der Waals surface area contributed by atoms with E-state index in [2.05, 4.69) is 9.68 Å². The molecule has 0 heterocycles. The van der Waals surface area contributed by atoms with Gasteiger partial charge in [0.25, 0.3) is 5.91 Å². The Morgan fingerprint density at radius 1 is 1.03 bits per heavy atom. The van der Waals surface area contributed by atoms with Crippen LogP contribution in [0, 0.1) is 12.3 Å². The van der Waals surface area contributed by atoms with Gasteiger partial charge in [-0.2, -0.15) is 8.42 Å². The number of aryl methyl sites for hydroxylation is 1. The molecule has 3 rings (SSSR count). The SMILES string of the molecule is Cc1cc(-c2c(N=S(=O)=O)cccc2C(=O)NC(Cc2ccc(O)cc2)C(=O)O)ccc1OC(=O)C(C)(C)C. The molecule has 0 aliphatic carbocycles. The molecular formula is C28H28N2O8S. The van der Waals surface area contributed by atoms with E-state index in [0.29, 0.717) is 22.4 Å². The summed E-state index contributed by atoms with van der Waals surface area (Å²) in [5.41, 5.74) is 0.916. The van der Waals surface area contributed by atoms with Crippen LogP contribution in [0.5, 0.6) is 11.5 Å². The molecule has 3 N–H and O–H groups in total. The first-order valence-electron chi connectivity index (χ1n) is 11.8. The number of phenolic OH excluding ortho intramolecular Hbond substituents is 1. The molecule has 11 heteroatoms. The predicted molar refractivity (Wildman–Crippen MR) is 143 cm³/mol. The minimum atomic E-state index is -2.84. The number of aromatic hydroxyl groups is 1. The van der Waals surface area contributed by atoms with Gasteiger partial charge >= 0.3 is 22.4 Å². The number of aliphatic carboxylic acids is 1. The fourth-order valence-corrected chi connectivity index (χ4v) is 3.98. The number of carboxylic acid groups (broad SMARTS) is 1. The van der Waals surface area contributed by atoms with Crippen LogP contribution in [-0.2, 0) is 26.5 Å². The molecule has 0 radical (unpaired) electrons. The molecule has 3 aromatic rings. The van der Waals surface area contributed by atoms with Gasteiger partial charge in [0.05, 0.1) is 11.1 Å². The van der Waals surface area contributed by atoms with Crippen LogP contribution in [0.25, 0.3) is 11.1 Å². The number of carbonyl (C=O) groups excluding carboxylic acids is 2. The van der Waals surface area contributed by atoms with Gasteiger partial charge in [-0.05, 0) is 80.8 Å². The van der Waals surface area contributed by atoms with Crippen LogP contribution in [-0.4, -0.2) is 42.5 Å². The van der Waals surface area contributed by atoms with Crippen LogP contribution in [0.2, 0.25) is 0 Å². The van der Waals surface area contributed by atoms with E-state index >= 15 is 0 Å². The number of nitrogens with zero attached hydrogens (tertiary/aromatic N) is 1. The van der Waals surface area contributed by atoms with Crippen LogP contribution in [0.15, 0.2) is 65.0 Å². The third kappa shape index (κ3) is 7.51. The fourth-order valence-electron chi connectivity index (χ4n) is 3.67. The number of phenols is 1. The first-order valence-corrected chi connectivity index (χ1v) is 12.9. The second-order valence-electron chi connectivity index (χ2n) is 9.86. The van der Waals surface area contributed by atoms with Gasteiger partial charge in [0.1, 0.15) is 17.5 Å². The Hall–Kier alpha value is -4.51. The van der Waals surface area contributed by atoms with Gasteiger partial charge in [-0.15, -0.1) is 4.36 Å². The zero-order valence-corrected chi connectivity index (χ0v) is 22.6. The Balaban J connectivity index is 2.03. The summed E-state index contributed by atoms with van der Waals surface area (Å²) >= 11 is 0. The van der Waals surface area contributed by atoms with Crippen molar-refractivity contribution in [2.45, 2.75) is 40.2 Å². The Bertz CT molecular complexity index is 1550. The van der Waals surface area contributed by atoms with Crippen molar-refractivity contribution < 1.29 is 37.8 Å². The van der Waals surface area contributed by atoms with E-state index in [1.54, 1.807) is 52.0 Å². The number of carboxylic acids is 1. The van der Waals surface area contributed by atoms with E-state index in [1.807, 2.05) is 0 Å². The van der Waals surface area contributed by atoms with Gasteiger partial charge in [-0.1, -0.05) is 24.3 Å². The molecule has 0 spiro atoms. The summed E-state index contributed by atoms with van der Waals surface area (Å²) < 4.78 is 32.0. The standard InChI is InChI=1S/C28H28N2O8S/c1-16-14-18(10-13-23(16)38-27(35)28(2,3)4)24-20(6-5-7-21(24)30-39(36)37)25(32)29-22(26(33)34)15-17-8-11-19(31)12-9-17/h5-14,22,31H,15H2,1-4H3,(H,29,32)(H,33,34). The van der Waals surface area contributed by atoms with Crippen molar-refractivity contribution in [1.82, 2.24) is 5.32 Å². The van der Waals surface area contributed by atoms with E-state index in [-0.39, 0.29) is 29.0 Å². The Morgan fingerprint density at radius 2 is 1.69 bits per heavy atom. The topological polar surface area (TPSA) is 159 Å². The van der Waals surface area contributed by atoms with Crippen LogP contribution in [0.4, 0.5) is 5.69 Å². The molecule has 0 aliphatic rings. The second-order valence-corrected chi connectivity index (χ2v) is 10.5. The average molecular weight is 553 g/mol. The maximum atomic E-state index is 13.4. The van der Waals surface area contributed by atoms with Crippen LogP contribution in [0.1, 0.15) is 42.3 Å². The highest BCUT2D eigenvalue weighted by Gasteiger charge is 2.26. The summed E-state index contributed by atoms with van der Waals surface area (Å²) in [6.07, 6.45) is -0.0573. The fraction of sp³-hybridized carbons (Fsp3) is 0.250. The summed E-state index contributed by atoms with van der Waals surface area (Å²) in [5, 5.41) is 21.7. The monoisotopic (exact) mass is 552 g/mol. The lowest BCUT2D eigenvalue weighted by Gasteiger charge is -2.19. The van der Waals surface area contributed by atoms with Crippen molar-refractivity contribution in [2.24, 2.45) is 9.78 Å². The van der Waals surface area contributed by atoms with Gasteiger partial charge in [0.15, 0.2) is 0 Å². The molecule has 1 unspecified atom stereocenters. The van der Waals surface area contributed by atoms with E-state index in [0.717, 1.165) is 0 Å². The van der Waals surface area contributed by atoms with Crippen molar-refractivity contribution in [2.75, 3.05) is 0 Å². The van der Waals surface area contributed by atoms with Crippen LogP contribution >= 0.6 is 0 Å². The van der Waals surface area contributed by atoms with Gasteiger partial charge in [-0.3, -0.25) is 9.59 Å². The third-order valence-corrected chi connectivity index (χ3v) is 6.06. The molecule has 0 aromatic heterocycles. The minimum absolute atomic E-state index is 0.00232. The molecular weight excluding hydrogens is 524 g/mol. The average Bonchev–Trinajstić information content (AvgIpc) is 2.85. The zero-order chi connectivity index (χ0) is 28.9. The van der Waals surface area contributed by atoms with Crippen molar-refractivity contribution in [3.63, 3.8) is 0 Å². The first-order chi connectivity index (χ1) is 18.3. The minimum Gasteiger partial charge on any atom is -0.508 e. The summed E-state index contributed by atoms with van der Waals surface area (Å²) in [6.45, 7) is 6.85. The lowest BCUT2D eigenvalue weighted by Crippen LogP contribution is -2.42. The van der Waals surface area contributed by atoms with E-state index in [4.69, 9.17) is 4.74 Å². The summed E-state index contributed by atoms with van der Waals surface area (Å²) in [5.74, 6) is -2.16. The summed E-state index contributed by atoms with van der Waals surface area (Å²) in [7, 11) is -2.84. The second kappa shape index (κ2) is 11.9. The molecule has 0 saturated carbocycles. The highest BCUT2D eigenvalue weighted by atomic mass is 32.2. The number of ether oxygens (including phenoxy) is 1. The van der Waals surface area contributed by atoms with Crippen molar-refractivity contribution >= 4 is 34.0 Å². The number of hydrogen-bond acceptors (Lipinski definition) is 8. The van der Waals surface area contributed by atoms with Gasteiger partial charge in [-0.25, -0.2) is 4.79 Å². The molecule has 0 fully saturated rings. The quantitative estimate of drug-likeness (QED) is 0.273. The number of rotatable bonds is 8. The Kier molecular flexibility index (Phi) is 8.87. The Labute approximate surface area is 227 Å². The van der Waals surface area contributed by atoms with E-state index in [1.165, 1.54) is 36.4 Å². The molecule has 1 atom stereocenters. The number of esters is 1. The summed E-state index contributed by atoms with van der Waals surface area (Å²) in [4.78, 5) is 37.7. The maximum absolute atomic E-state index is 13.4. The predicted octanol–water partition coefficient (Wildman–Crippen LogP) is 4.44. The number of hydrogen-bond donors (Lipinski definition) is 3. The van der Waals surface area contributed by atoms with Crippen molar-refractivity contribution in [3.05, 3.63) is 77.4 Å². The largest absolute Gasteiger partial charge is 0.508 e. The molecule has 10 nitrogen and oxygen atoms in total. The lowest BCUT2D eigenvalue weighted by atomic mass is 9.95. The number of amides is 1. The van der Waals surface area contributed by atoms with E-state index < -0.39 is 39.8 Å². The highest BCUT2D eigenvalue weighted by molar-refractivity contribution is 7.61. The molecule has 0 saturated heterocycles. The molecule has 0 bridgehead atoms. The highest BCUT2D eigenvalue weighted by Crippen LogP contribution is 2.36. The lowest BCUT2D eigenvalue weighted by molar-refractivity contribution is -0.143.